The summed E-state index contributed by atoms with van der Waals surface area (Å²) in [5, 5.41) is 10.7. The van der Waals surface area contributed by atoms with E-state index in [9.17, 15) is 0 Å². The normalized spacial score (nSPS) is 11.8. The molecule has 116 valence electrons. The Labute approximate surface area is 141 Å². The Morgan fingerprint density at radius 3 is 2.78 bits per heavy atom. The van der Waals surface area contributed by atoms with Gasteiger partial charge in [-0.1, -0.05) is 32.0 Å². The highest BCUT2D eigenvalue weighted by Crippen LogP contribution is 2.31. The van der Waals surface area contributed by atoms with E-state index in [2.05, 4.69) is 69.0 Å². The van der Waals surface area contributed by atoms with E-state index in [1.54, 1.807) is 0 Å². The minimum absolute atomic E-state index is 0.333. The van der Waals surface area contributed by atoms with Crippen LogP contribution in [-0.2, 0) is 0 Å². The van der Waals surface area contributed by atoms with Gasteiger partial charge in [0, 0.05) is 11.3 Å². The molecule has 1 aromatic carbocycles. The van der Waals surface area contributed by atoms with Crippen molar-refractivity contribution in [3.05, 3.63) is 41.7 Å². The van der Waals surface area contributed by atoms with E-state index >= 15 is 0 Å². The lowest BCUT2D eigenvalue weighted by atomic mass is 10.1. The van der Waals surface area contributed by atoms with Crippen LogP contribution in [0.2, 0.25) is 0 Å². The van der Waals surface area contributed by atoms with E-state index in [1.165, 1.54) is 34.2 Å². The van der Waals surface area contributed by atoms with E-state index in [4.69, 9.17) is 0 Å². The van der Waals surface area contributed by atoms with E-state index in [0.29, 0.717) is 5.92 Å². The van der Waals surface area contributed by atoms with Crippen LogP contribution in [-0.4, -0.2) is 24.0 Å². The molecule has 3 aromatic heterocycles. The lowest BCUT2D eigenvalue weighted by Gasteiger charge is -2.06. The van der Waals surface area contributed by atoms with Crippen molar-refractivity contribution in [3.8, 4) is 0 Å². The maximum absolute atomic E-state index is 4.58. The fourth-order valence-electron chi connectivity index (χ4n) is 2.52. The highest BCUT2D eigenvalue weighted by molar-refractivity contribution is 8.00. The summed E-state index contributed by atoms with van der Waals surface area (Å²) in [5.41, 5.74) is 3.18. The number of rotatable bonds is 3. The Balaban J connectivity index is 1.85. The second kappa shape index (κ2) is 5.58. The molecule has 0 fully saturated rings. The first-order valence-corrected chi connectivity index (χ1v) is 8.97. The number of aromatic nitrogens is 5. The van der Waals surface area contributed by atoms with Crippen molar-refractivity contribution >= 4 is 39.8 Å². The van der Waals surface area contributed by atoms with Crippen molar-refractivity contribution in [1.82, 2.24) is 24.0 Å². The van der Waals surface area contributed by atoms with Gasteiger partial charge in [-0.2, -0.15) is 4.37 Å². The molecule has 23 heavy (non-hydrogen) atoms. The van der Waals surface area contributed by atoms with Crippen LogP contribution in [0.4, 0.5) is 0 Å². The van der Waals surface area contributed by atoms with E-state index in [0.717, 1.165) is 26.5 Å². The van der Waals surface area contributed by atoms with E-state index in [-0.39, 0.29) is 0 Å². The molecule has 4 aromatic rings. The first-order valence-electron chi connectivity index (χ1n) is 7.38. The topological polar surface area (TPSA) is 56.0 Å². The minimum Gasteiger partial charge on any atom is -0.270 e. The third kappa shape index (κ3) is 2.49. The predicted octanol–water partition coefficient (Wildman–Crippen LogP) is 4.32. The number of hydrogen-bond acceptors (Lipinski definition) is 6. The Hall–Kier alpha value is -1.99. The summed E-state index contributed by atoms with van der Waals surface area (Å²) in [7, 11) is 0. The number of benzene rings is 1. The van der Waals surface area contributed by atoms with Gasteiger partial charge in [-0.3, -0.25) is 4.40 Å². The Morgan fingerprint density at radius 1 is 1.17 bits per heavy atom. The number of fused-ring (bicyclic) bond motifs is 3. The molecule has 0 spiro atoms. The molecule has 0 radical (unpaired) electrons. The molecule has 0 aliphatic rings. The van der Waals surface area contributed by atoms with Gasteiger partial charge in [0.15, 0.2) is 9.99 Å². The molecule has 0 atom stereocenters. The molecule has 4 rings (SSSR count). The lowest BCUT2D eigenvalue weighted by molar-refractivity contribution is 0.789. The van der Waals surface area contributed by atoms with E-state index < -0.39 is 0 Å². The van der Waals surface area contributed by atoms with Crippen molar-refractivity contribution in [2.45, 2.75) is 36.2 Å². The fraction of sp³-hybridized carbons (Fsp3) is 0.250. The van der Waals surface area contributed by atoms with Crippen LogP contribution in [0, 0.1) is 6.92 Å². The molecule has 0 bridgehead atoms. The molecule has 0 saturated heterocycles. The summed E-state index contributed by atoms with van der Waals surface area (Å²) >= 11 is 2.93. The lowest BCUT2D eigenvalue weighted by Crippen LogP contribution is -1.93. The van der Waals surface area contributed by atoms with Crippen molar-refractivity contribution in [1.29, 1.82) is 0 Å². The van der Waals surface area contributed by atoms with Gasteiger partial charge in [0.25, 0.3) is 0 Å². The van der Waals surface area contributed by atoms with Gasteiger partial charge in [-0.15, -0.1) is 10.2 Å². The van der Waals surface area contributed by atoms with Gasteiger partial charge >= 0.3 is 0 Å². The first kappa shape index (κ1) is 14.6. The Morgan fingerprint density at radius 2 is 2.00 bits per heavy atom. The van der Waals surface area contributed by atoms with Crippen LogP contribution in [0.25, 0.3) is 16.6 Å². The second-order valence-corrected chi connectivity index (χ2v) is 7.66. The fourth-order valence-corrected chi connectivity index (χ4v) is 4.22. The quantitative estimate of drug-likeness (QED) is 0.555. The zero-order chi connectivity index (χ0) is 16.0. The summed E-state index contributed by atoms with van der Waals surface area (Å²) in [6.45, 7) is 6.29. The molecule has 0 aliphatic heterocycles. The maximum Gasteiger partial charge on any atom is 0.203 e. The van der Waals surface area contributed by atoms with Crippen molar-refractivity contribution in [2.75, 3.05) is 0 Å². The molecule has 0 amide bonds. The summed E-state index contributed by atoms with van der Waals surface area (Å²) in [5.74, 6) is 1.21. The number of nitrogens with zero attached hydrogens (tertiary/aromatic N) is 5. The third-order valence-electron chi connectivity index (χ3n) is 3.69. The predicted molar refractivity (Wildman–Crippen MR) is 93.4 cm³/mol. The smallest absolute Gasteiger partial charge is 0.203 e. The van der Waals surface area contributed by atoms with Crippen molar-refractivity contribution < 1.29 is 0 Å². The zero-order valence-electron chi connectivity index (χ0n) is 13.0. The summed E-state index contributed by atoms with van der Waals surface area (Å²) in [4.78, 5) is 4.58. The van der Waals surface area contributed by atoms with Crippen LogP contribution in [0.5, 0.6) is 0 Å². The molecular weight excluding hydrogens is 326 g/mol. The van der Waals surface area contributed by atoms with Gasteiger partial charge < -0.3 is 0 Å². The number of para-hydroxylation sites is 1. The largest absolute Gasteiger partial charge is 0.270 e. The molecular formula is C16H15N5S2. The monoisotopic (exact) mass is 341 g/mol. The molecule has 0 saturated carbocycles. The molecule has 0 N–H and O–H groups in total. The van der Waals surface area contributed by atoms with Gasteiger partial charge in [0.2, 0.25) is 5.16 Å². The standard InChI is InChI=1S/C16H15N5S2/c1-9(2)14-17-16(23-20-14)22-15-19-18-13-8-10(3)11-6-4-5-7-12(11)21(13)15/h4-9H,1-3H3. The van der Waals surface area contributed by atoms with Crippen LogP contribution >= 0.6 is 23.3 Å². The highest BCUT2D eigenvalue weighted by atomic mass is 32.2. The van der Waals surface area contributed by atoms with Crippen molar-refractivity contribution in [3.63, 3.8) is 0 Å². The molecule has 0 unspecified atom stereocenters. The Kier molecular flexibility index (Phi) is 3.54. The van der Waals surface area contributed by atoms with Crippen LogP contribution in [0.15, 0.2) is 39.8 Å². The third-order valence-corrected chi connectivity index (χ3v) is 5.40. The van der Waals surface area contributed by atoms with Gasteiger partial charge in [0.05, 0.1) is 5.52 Å². The number of hydrogen-bond donors (Lipinski definition) is 0. The van der Waals surface area contributed by atoms with Gasteiger partial charge in [-0.05, 0) is 47.9 Å². The van der Waals surface area contributed by atoms with Crippen LogP contribution < -0.4 is 0 Å². The molecule has 3 heterocycles. The van der Waals surface area contributed by atoms with Crippen LogP contribution in [0.1, 0.15) is 31.2 Å². The number of pyridine rings is 1. The summed E-state index contributed by atoms with van der Waals surface area (Å²) in [6, 6.07) is 10.4. The summed E-state index contributed by atoms with van der Waals surface area (Å²) in [6.07, 6.45) is 0. The zero-order valence-corrected chi connectivity index (χ0v) is 14.6. The molecule has 5 nitrogen and oxygen atoms in total. The average Bonchev–Trinajstić information content (AvgIpc) is 3.16. The van der Waals surface area contributed by atoms with Crippen molar-refractivity contribution in [2.24, 2.45) is 0 Å². The molecule has 7 heteroatoms. The first-order chi connectivity index (χ1) is 11.1. The highest BCUT2D eigenvalue weighted by Gasteiger charge is 2.15. The van der Waals surface area contributed by atoms with Gasteiger partial charge in [0.1, 0.15) is 5.82 Å². The molecule has 0 aliphatic carbocycles. The summed E-state index contributed by atoms with van der Waals surface area (Å²) < 4.78 is 7.39. The Bertz CT molecular complexity index is 1000. The van der Waals surface area contributed by atoms with E-state index in [1.807, 2.05) is 6.07 Å². The minimum atomic E-state index is 0.333. The SMILES string of the molecule is Cc1cc2nnc(Sc3nc(C(C)C)ns3)n2c2ccccc12. The number of aryl methyl sites for hydroxylation is 1. The second-order valence-electron chi connectivity index (χ2n) is 5.70. The van der Waals surface area contributed by atoms with Gasteiger partial charge in [-0.25, -0.2) is 4.98 Å². The maximum atomic E-state index is 4.58. The average molecular weight is 341 g/mol. The van der Waals surface area contributed by atoms with Crippen LogP contribution in [0.3, 0.4) is 0 Å².